The van der Waals surface area contributed by atoms with Crippen molar-refractivity contribution in [2.75, 3.05) is 24.2 Å². The van der Waals surface area contributed by atoms with Crippen LogP contribution in [0, 0.1) is 5.92 Å². The van der Waals surface area contributed by atoms with Gasteiger partial charge in [-0.2, -0.15) is 0 Å². The van der Waals surface area contributed by atoms with Gasteiger partial charge in [0, 0.05) is 13.6 Å². The summed E-state index contributed by atoms with van der Waals surface area (Å²) in [6.07, 6.45) is 8.89. The molecule has 0 radical (unpaired) electrons. The van der Waals surface area contributed by atoms with E-state index in [-0.39, 0.29) is 0 Å². The Hall–Kier alpha value is -1.25. The lowest BCUT2D eigenvalue weighted by atomic mass is 9.99. The molecule has 96 valence electrons. The SMILES string of the molecule is CCCCC(CC)CNc1cncc(NC)c1. The molecule has 0 aliphatic carbocycles. The summed E-state index contributed by atoms with van der Waals surface area (Å²) in [5.74, 6) is 0.771. The van der Waals surface area contributed by atoms with Crippen molar-refractivity contribution in [3.63, 3.8) is 0 Å². The molecule has 0 fully saturated rings. The van der Waals surface area contributed by atoms with Crippen molar-refractivity contribution in [1.29, 1.82) is 0 Å². The second kappa shape index (κ2) is 7.93. The van der Waals surface area contributed by atoms with E-state index >= 15 is 0 Å². The molecule has 0 saturated carbocycles. The Morgan fingerprint density at radius 3 is 2.65 bits per heavy atom. The highest BCUT2D eigenvalue weighted by Crippen LogP contribution is 2.16. The van der Waals surface area contributed by atoms with Crippen LogP contribution in [0.4, 0.5) is 11.4 Å². The Balaban J connectivity index is 2.41. The third kappa shape index (κ3) is 5.07. The van der Waals surface area contributed by atoms with Crippen molar-refractivity contribution in [3.05, 3.63) is 18.5 Å². The first-order chi connectivity index (χ1) is 8.30. The van der Waals surface area contributed by atoms with Gasteiger partial charge >= 0.3 is 0 Å². The van der Waals surface area contributed by atoms with Gasteiger partial charge in [-0.15, -0.1) is 0 Å². The molecule has 3 heteroatoms. The highest BCUT2D eigenvalue weighted by Gasteiger charge is 2.05. The molecular weight excluding hydrogens is 210 g/mol. The molecule has 1 rings (SSSR count). The van der Waals surface area contributed by atoms with Crippen LogP contribution in [0.25, 0.3) is 0 Å². The summed E-state index contributed by atoms with van der Waals surface area (Å²) in [6, 6.07) is 2.10. The Morgan fingerprint density at radius 2 is 2.00 bits per heavy atom. The quantitative estimate of drug-likeness (QED) is 0.720. The molecule has 0 aromatic carbocycles. The monoisotopic (exact) mass is 235 g/mol. The Kier molecular flexibility index (Phi) is 6.45. The minimum atomic E-state index is 0.771. The van der Waals surface area contributed by atoms with Gasteiger partial charge in [-0.25, -0.2) is 0 Å². The minimum absolute atomic E-state index is 0.771. The van der Waals surface area contributed by atoms with E-state index in [2.05, 4.69) is 35.5 Å². The number of pyridine rings is 1. The average Bonchev–Trinajstić information content (AvgIpc) is 2.39. The summed E-state index contributed by atoms with van der Waals surface area (Å²) in [4.78, 5) is 4.20. The number of hydrogen-bond donors (Lipinski definition) is 2. The standard InChI is InChI=1S/C14H25N3/c1-4-6-7-12(5-2)9-17-14-8-13(15-3)10-16-11-14/h8,10-12,15,17H,4-7,9H2,1-3H3. The van der Waals surface area contributed by atoms with E-state index < -0.39 is 0 Å². The minimum Gasteiger partial charge on any atom is -0.387 e. The van der Waals surface area contributed by atoms with Crippen LogP contribution in [0.15, 0.2) is 18.5 Å². The zero-order chi connectivity index (χ0) is 12.5. The zero-order valence-electron chi connectivity index (χ0n) is 11.3. The fourth-order valence-corrected chi connectivity index (χ4v) is 1.88. The summed E-state index contributed by atoms with van der Waals surface area (Å²) in [7, 11) is 1.91. The van der Waals surface area contributed by atoms with Crippen LogP contribution in [0.1, 0.15) is 39.5 Å². The highest BCUT2D eigenvalue weighted by atomic mass is 14.9. The van der Waals surface area contributed by atoms with Gasteiger partial charge in [0.15, 0.2) is 0 Å². The van der Waals surface area contributed by atoms with Crippen LogP contribution in [-0.2, 0) is 0 Å². The van der Waals surface area contributed by atoms with E-state index in [1.54, 1.807) is 0 Å². The van der Waals surface area contributed by atoms with Crippen molar-refractivity contribution < 1.29 is 0 Å². The predicted octanol–water partition coefficient (Wildman–Crippen LogP) is 3.75. The summed E-state index contributed by atoms with van der Waals surface area (Å²) >= 11 is 0. The predicted molar refractivity (Wildman–Crippen MR) is 75.6 cm³/mol. The van der Waals surface area contributed by atoms with Crippen LogP contribution < -0.4 is 10.6 Å². The van der Waals surface area contributed by atoms with E-state index in [0.717, 1.165) is 23.8 Å². The maximum absolute atomic E-state index is 4.20. The lowest BCUT2D eigenvalue weighted by Gasteiger charge is -2.16. The molecule has 0 amide bonds. The third-order valence-corrected chi connectivity index (χ3v) is 3.17. The first-order valence-corrected chi connectivity index (χ1v) is 6.66. The summed E-state index contributed by atoms with van der Waals surface area (Å²) in [5.41, 5.74) is 2.16. The molecular formula is C14H25N3. The van der Waals surface area contributed by atoms with Crippen molar-refractivity contribution in [1.82, 2.24) is 4.98 Å². The van der Waals surface area contributed by atoms with E-state index in [4.69, 9.17) is 0 Å². The molecule has 0 aliphatic rings. The van der Waals surface area contributed by atoms with Crippen molar-refractivity contribution in [3.8, 4) is 0 Å². The molecule has 1 aromatic heterocycles. The largest absolute Gasteiger partial charge is 0.387 e. The zero-order valence-corrected chi connectivity index (χ0v) is 11.3. The molecule has 1 unspecified atom stereocenters. The number of nitrogens with one attached hydrogen (secondary N) is 2. The topological polar surface area (TPSA) is 37.0 Å². The normalized spacial score (nSPS) is 12.2. The van der Waals surface area contributed by atoms with Crippen LogP contribution >= 0.6 is 0 Å². The van der Waals surface area contributed by atoms with Gasteiger partial charge in [-0.05, 0) is 18.4 Å². The maximum Gasteiger partial charge on any atom is 0.0547 e. The molecule has 1 heterocycles. The number of unbranched alkanes of at least 4 members (excludes halogenated alkanes) is 1. The molecule has 17 heavy (non-hydrogen) atoms. The molecule has 2 N–H and O–H groups in total. The highest BCUT2D eigenvalue weighted by molar-refractivity contribution is 5.53. The third-order valence-electron chi connectivity index (χ3n) is 3.17. The van der Waals surface area contributed by atoms with Gasteiger partial charge < -0.3 is 10.6 Å². The van der Waals surface area contributed by atoms with E-state index in [0.29, 0.717) is 0 Å². The molecule has 1 atom stereocenters. The van der Waals surface area contributed by atoms with E-state index in [1.807, 2.05) is 19.4 Å². The fourth-order valence-electron chi connectivity index (χ4n) is 1.88. The van der Waals surface area contributed by atoms with Gasteiger partial charge in [0.25, 0.3) is 0 Å². The molecule has 3 nitrogen and oxygen atoms in total. The number of aromatic nitrogens is 1. The molecule has 0 aliphatic heterocycles. The second-order valence-corrected chi connectivity index (χ2v) is 4.51. The first-order valence-electron chi connectivity index (χ1n) is 6.66. The number of rotatable bonds is 8. The van der Waals surface area contributed by atoms with Crippen molar-refractivity contribution in [2.24, 2.45) is 5.92 Å². The fraction of sp³-hybridized carbons (Fsp3) is 0.643. The maximum atomic E-state index is 4.20. The molecule has 0 saturated heterocycles. The van der Waals surface area contributed by atoms with Crippen LogP contribution in [-0.4, -0.2) is 18.6 Å². The van der Waals surface area contributed by atoms with Crippen molar-refractivity contribution in [2.45, 2.75) is 39.5 Å². The van der Waals surface area contributed by atoms with Crippen LogP contribution in [0.3, 0.4) is 0 Å². The van der Waals surface area contributed by atoms with Gasteiger partial charge in [0.2, 0.25) is 0 Å². The average molecular weight is 235 g/mol. The smallest absolute Gasteiger partial charge is 0.0547 e. The summed E-state index contributed by atoms with van der Waals surface area (Å²) in [5, 5.41) is 6.58. The second-order valence-electron chi connectivity index (χ2n) is 4.51. The first kappa shape index (κ1) is 13.8. The molecule has 1 aromatic rings. The summed E-state index contributed by atoms with van der Waals surface area (Å²) in [6.45, 7) is 5.57. The van der Waals surface area contributed by atoms with Gasteiger partial charge in [0.1, 0.15) is 0 Å². The lowest BCUT2D eigenvalue weighted by molar-refractivity contribution is 0.473. The Labute approximate surface area is 105 Å². The van der Waals surface area contributed by atoms with Crippen molar-refractivity contribution >= 4 is 11.4 Å². The van der Waals surface area contributed by atoms with Gasteiger partial charge in [-0.1, -0.05) is 33.1 Å². The van der Waals surface area contributed by atoms with E-state index in [1.165, 1.54) is 25.7 Å². The molecule has 0 bridgehead atoms. The molecule has 0 spiro atoms. The Bertz CT molecular complexity index is 312. The van der Waals surface area contributed by atoms with Gasteiger partial charge in [0.05, 0.1) is 23.8 Å². The van der Waals surface area contributed by atoms with Crippen LogP contribution in [0.5, 0.6) is 0 Å². The van der Waals surface area contributed by atoms with Gasteiger partial charge in [-0.3, -0.25) is 4.98 Å². The van der Waals surface area contributed by atoms with E-state index in [9.17, 15) is 0 Å². The number of anilines is 2. The lowest BCUT2D eigenvalue weighted by Crippen LogP contribution is -2.13. The summed E-state index contributed by atoms with van der Waals surface area (Å²) < 4.78 is 0. The van der Waals surface area contributed by atoms with Crippen LogP contribution in [0.2, 0.25) is 0 Å². The number of nitrogens with zero attached hydrogens (tertiary/aromatic N) is 1. The Morgan fingerprint density at radius 1 is 1.24 bits per heavy atom. The number of hydrogen-bond acceptors (Lipinski definition) is 3.